The van der Waals surface area contributed by atoms with Crippen molar-refractivity contribution in [1.82, 2.24) is 9.55 Å². The fourth-order valence-electron chi connectivity index (χ4n) is 2.74. The van der Waals surface area contributed by atoms with Gasteiger partial charge in [-0.25, -0.2) is 4.98 Å². The van der Waals surface area contributed by atoms with E-state index in [0.717, 1.165) is 30.3 Å². The van der Waals surface area contributed by atoms with Crippen molar-refractivity contribution in [1.29, 1.82) is 0 Å². The number of nitrogen functional groups attached to an aromatic ring is 1. The molecule has 114 valence electrons. The summed E-state index contributed by atoms with van der Waals surface area (Å²) in [5.74, 6) is 2.80. The number of rotatable bonds is 5. The van der Waals surface area contributed by atoms with Crippen molar-refractivity contribution in [2.24, 2.45) is 5.92 Å². The number of imidazole rings is 1. The van der Waals surface area contributed by atoms with Crippen LogP contribution in [0.1, 0.15) is 51.9 Å². The Morgan fingerprint density at radius 3 is 2.38 bits per heavy atom. The van der Waals surface area contributed by atoms with Gasteiger partial charge in [0, 0.05) is 18.0 Å². The summed E-state index contributed by atoms with van der Waals surface area (Å²) in [6.07, 6.45) is 0.990. The third-order valence-corrected chi connectivity index (χ3v) is 3.75. The average molecular weight is 285 g/mol. The topological polar surface area (TPSA) is 43.8 Å². The predicted molar refractivity (Wildman–Crippen MR) is 90.4 cm³/mol. The third kappa shape index (κ3) is 3.12. The van der Waals surface area contributed by atoms with Gasteiger partial charge in [0.1, 0.15) is 17.3 Å². The molecule has 0 aliphatic rings. The summed E-state index contributed by atoms with van der Waals surface area (Å²) >= 11 is 0. The number of nitrogens with two attached hydrogens (primary N) is 1. The molecule has 3 heteroatoms. The minimum absolute atomic E-state index is 0.369. The van der Waals surface area contributed by atoms with Gasteiger partial charge in [0.25, 0.3) is 0 Å². The van der Waals surface area contributed by atoms with Gasteiger partial charge in [-0.1, -0.05) is 58.9 Å². The van der Waals surface area contributed by atoms with Crippen LogP contribution in [0.25, 0.3) is 11.3 Å². The molecule has 0 radical (unpaired) electrons. The summed E-state index contributed by atoms with van der Waals surface area (Å²) in [5, 5.41) is 0. The average Bonchev–Trinajstić information content (AvgIpc) is 2.76. The number of hydrogen-bond donors (Lipinski definition) is 1. The van der Waals surface area contributed by atoms with Gasteiger partial charge in [-0.3, -0.25) is 0 Å². The Kier molecular flexibility index (Phi) is 4.71. The lowest BCUT2D eigenvalue weighted by molar-refractivity contribution is 0.502. The zero-order valence-electron chi connectivity index (χ0n) is 13.9. The molecule has 1 heterocycles. The molecule has 0 amide bonds. The van der Waals surface area contributed by atoms with Gasteiger partial charge in [-0.15, -0.1) is 0 Å². The largest absolute Gasteiger partial charge is 0.383 e. The van der Waals surface area contributed by atoms with Gasteiger partial charge in [-0.2, -0.15) is 0 Å². The maximum atomic E-state index is 6.45. The Morgan fingerprint density at radius 1 is 1.14 bits per heavy atom. The first-order valence-electron chi connectivity index (χ1n) is 7.89. The summed E-state index contributed by atoms with van der Waals surface area (Å²) in [7, 11) is 0. The summed E-state index contributed by atoms with van der Waals surface area (Å²) < 4.78 is 2.19. The smallest absolute Gasteiger partial charge is 0.131 e. The van der Waals surface area contributed by atoms with E-state index in [1.54, 1.807) is 0 Å². The monoisotopic (exact) mass is 285 g/mol. The quantitative estimate of drug-likeness (QED) is 0.880. The first-order valence-corrected chi connectivity index (χ1v) is 7.89. The highest BCUT2D eigenvalue weighted by molar-refractivity contribution is 5.74. The van der Waals surface area contributed by atoms with Crippen molar-refractivity contribution >= 4 is 5.82 Å². The van der Waals surface area contributed by atoms with Crippen LogP contribution >= 0.6 is 0 Å². The Bertz CT molecular complexity index is 609. The van der Waals surface area contributed by atoms with Gasteiger partial charge in [0.2, 0.25) is 0 Å². The molecule has 0 fully saturated rings. The molecule has 0 saturated heterocycles. The maximum absolute atomic E-state index is 6.45. The molecule has 3 nitrogen and oxygen atoms in total. The van der Waals surface area contributed by atoms with Crippen molar-refractivity contribution in [3.05, 3.63) is 35.7 Å². The van der Waals surface area contributed by atoms with Crippen LogP contribution in [0.15, 0.2) is 24.3 Å². The zero-order chi connectivity index (χ0) is 15.6. The molecule has 0 aliphatic heterocycles. The lowest BCUT2D eigenvalue weighted by Crippen LogP contribution is -2.12. The van der Waals surface area contributed by atoms with Gasteiger partial charge in [-0.05, 0) is 17.9 Å². The standard InChI is InChI=1S/C18H27N3/c1-6-14-9-7-8-10-15(14)16-17(19)21(11-12(2)3)18(20-16)13(4)5/h7-10,12-13H,6,11,19H2,1-5H3. The normalized spacial score (nSPS) is 11.6. The predicted octanol–water partition coefficient (Wildman–Crippen LogP) is 4.47. The van der Waals surface area contributed by atoms with Gasteiger partial charge < -0.3 is 10.3 Å². The second kappa shape index (κ2) is 6.33. The highest BCUT2D eigenvalue weighted by Gasteiger charge is 2.20. The minimum Gasteiger partial charge on any atom is -0.383 e. The Balaban J connectivity index is 2.59. The Hall–Kier alpha value is -1.77. The molecule has 0 aliphatic carbocycles. The molecule has 0 saturated carbocycles. The van der Waals surface area contributed by atoms with Crippen LogP contribution in [0.2, 0.25) is 0 Å². The molecular formula is C18H27N3. The maximum Gasteiger partial charge on any atom is 0.131 e. The van der Waals surface area contributed by atoms with Crippen LogP contribution < -0.4 is 5.73 Å². The van der Waals surface area contributed by atoms with Gasteiger partial charge in [0.15, 0.2) is 0 Å². The molecule has 0 bridgehead atoms. The number of aromatic nitrogens is 2. The van der Waals surface area contributed by atoms with Crippen LogP contribution in [0.4, 0.5) is 5.82 Å². The Labute approximate surface area is 128 Å². The van der Waals surface area contributed by atoms with E-state index in [4.69, 9.17) is 10.7 Å². The van der Waals surface area contributed by atoms with Crippen LogP contribution in [-0.4, -0.2) is 9.55 Å². The van der Waals surface area contributed by atoms with Gasteiger partial charge in [0.05, 0.1) is 0 Å². The number of anilines is 1. The Morgan fingerprint density at radius 2 is 1.81 bits per heavy atom. The van der Waals surface area contributed by atoms with Crippen molar-refractivity contribution in [3.63, 3.8) is 0 Å². The summed E-state index contributed by atoms with van der Waals surface area (Å²) in [6.45, 7) is 11.9. The fourth-order valence-corrected chi connectivity index (χ4v) is 2.74. The van der Waals surface area contributed by atoms with E-state index < -0.39 is 0 Å². The van der Waals surface area contributed by atoms with E-state index >= 15 is 0 Å². The van der Waals surface area contributed by atoms with Crippen LogP contribution in [-0.2, 0) is 13.0 Å². The lowest BCUT2D eigenvalue weighted by Gasteiger charge is -2.14. The molecular weight excluding hydrogens is 258 g/mol. The van der Waals surface area contributed by atoms with E-state index in [9.17, 15) is 0 Å². The second-order valence-electron chi connectivity index (χ2n) is 6.37. The van der Waals surface area contributed by atoms with Crippen molar-refractivity contribution in [2.45, 2.75) is 53.5 Å². The molecule has 0 unspecified atom stereocenters. The molecule has 21 heavy (non-hydrogen) atoms. The molecule has 2 aromatic rings. The molecule has 0 spiro atoms. The SMILES string of the molecule is CCc1ccccc1-c1nc(C(C)C)n(CC(C)C)c1N. The highest BCUT2D eigenvalue weighted by atomic mass is 15.1. The van der Waals surface area contributed by atoms with E-state index in [1.165, 1.54) is 11.1 Å². The van der Waals surface area contributed by atoms with E-state index in [-0.39, 0.29) is 0 Å². The molecule has 2 N–H and O–H groups in total. The van der Waals surface area contributed by atoms with Crippen LogP contribution in [0.5, 0.6) is 0 Å². The molecule has 1 aromatic heterocycles. The number of hydrogen-bond acceptors (Lipinski definition) is 2. The van der Waals surface area contributed by atoms with Crippen molar-refractivity contribution < 1.29 is 0 Å². The molecule has 2 rings (SSSR count). The molecule has 0 atom stereocenters. The highest BCUT2D eigenvalue weighted by Crippen LogP contribution is 2.32. The summed E-state index contributed by atoms with van der Waals surface area (Å²) in [5.41, 5.74) is 9.86. The number of benzene rings is 1. The third-order valence-electron chi connectivity index (χ3n) is 3.75. The summed E-state index contributed by atoms with van der Waals surface area (Å²) in [4.78, 5) is 4.88. The first-order chi connectivity index (χ1) is 9.95. The first kappa shape index (κ1) is 15.6. The van der Waals surface area contributed by atoms with Gasteiger partial charge >= 0.3 is 0 Å². The van der Waals surface area contributed by atoms with Crippen molar-refractivity contribution in [2.75, 3.05) is 5.73 Å². The van der Waals surface area contributed by atoms with E-state index in [1.807, 2.05) is 0 Å². The number of nitrogens with zero attached hydrogens (tertiary/aromatic N) is 2. The zero-order valence-corrected chi connectivity index (χ0v) is 13.9. The second-order valence-corrected chi connectivity index (χ2v) is 6.37. The van der Waals surface area contributed by atoms with E-state index in [2.05, 4.69) is 63.5 Å². The van der Waals surface area contributed by atoms with Crippen LogP contribution in [0.3, 0.4) is 0 Å². The fraction of sp³-hybridized carbons (Fsp3) is 0.500. The molecule has 1 aromatic carbocycles. The number of aryl methyl sites for hydroxylation is 1. The summed E-state index contributed by atoms with van der Waals surface area (Å²) in [6, 6.07) is 8.42. The van der Waals surface area contributed by atoms with Crippen molar-refractivity contribution in [3.8, 4) is 11.3 Å². The minimum atomic E-state index is 0.369. The lowest BCUT2D eigenvalue weighted by atomic mass is 10.0. The van der Waals surface area contributed by atoms with E-state index in [0.29, 0.717) is 11.8 Å². The van der Waals surface area contributed by atoms with Crippen LogP contribution in [0, 0.1) is 5.92 Å².